The number of anilines is 3. The molecule has 0 saturated carbocycles. The summed E-state index contributed by atoms with van der Waals surface area (Å²) in [6.07, 6.45) is -0.492. The highest BCUT2D eigenvalue weighted by Crippen LogP contribution is 2.31. The van der Waals surface area contributed by atoms with Crippen LogP contribution in [0.5, 0.6) is 11.5 Å². The van der Waals surface area contributed by atoms with Gasteiger partial charge in [-0.15, -0.1) is 0 Å². The molecule has 5 amide bonds. The van der Waals surface area contributed by atoms with Crippen LogP contribution in [-0.2, 0) is 0 Å². The number of nitrogens with zero attached hydrogens (tertiary/aromatic N) is 3. The summed E-state index contributed by atoms with van der Waals surface area (Å²) in [5.41, 5.74) is 2.19. The summed E-state index contributed by atoms with van der Waals surface area (Å²) in [7, 11) is 3.24. The van der Waals surface area contributed by atoms with Gasteiger partial charge in [-0.2, -0.15) is 0 Å². The number of methoxy groups -OCH3 is 1. The van der Waals surface area contributed by atoms with Gasteiger partial charge < -0.3 is 44.9 Å². The smallest absolute Gasteiger partial charge is 0.323 e. The van der Waals surface area contributed by atoms with E-state index in [1.807, 2.05) is 6.92 Å². The van der Waals surface area contributed by atoms with Gasteiger partial charge in [0.2, 0.25) is 0 Å². The molecule has 1 aliphatic heterocycles. The Morgan fingerprint density at radius 1 is 1.14 bits per heavy atom. The van der Waals surface area contributed by atoms with Gasteiger partial charge in [0.05, 0.1) is 31.9 Å². The van der Waals surface area contributed by atoms with Crippen LogP contribution in [0.3, 0.4) is 0 Å². The molecule has 230 valence electrons. The number of ether oxygens (including phenoxy) is 2. The Bertz CT molecular complexity index is 1440. The van der Waals surface area contributed by atoms with Crippen LogP contribution in [0.2, 0.25) is 0 Å². The van der Waals surface area contributed by atoms with Crippen molar-refractivity contribution in [1.29, 1.82) is 0 Å². The van der Waals surface area contributed by atoms with E-state index in [-0.39, 0.29) is 43.1 Å². The van der Waals surface area contributed by atoms with Gasteiger partial charge in [0, 0.05) is 30.9 Å². The fourth-order valence-electron chi connectivity index (χ4n) is 4.70. The number of benzene rings is 2. The van der Waals surface area contributed by atoms with Crippen molar-refractivity contribution in [3.8, 4) is 11.5 Å². The maximum absolute atomic E-state index is 13.7. The summed E-state index contributed by atoms with van der Waals surface area (Å²) in [6.45, 7) is 7.36. The van der Waals surface area contributed by atoms with Crippen LogP contribution < -0.4 is 25.4 Å². The molecule has 43 heavy (non-hydrogen) atoms. The van der Waals surface area contributed by atoms with Crippen molar-refractivity contribution in [2.75, 3.05) is 49.8 Å². The van der Waals surface area contributed by atoms with E-state index in [1.165, 1.54) is 11.0 Å². The molecule has 0 unspecified atom stereocenters. The van der Waals surface area contributed by atoms with Gasteiger partial charge in [-0.1, -0.05) is 12.1 Å². The standard InChI is InChI=1S/C30H38N6O7/c1-17-14-36(18(2)16-37)28(38)24-13-22(31-29(39)33-27-19(3)34-43-20(27)4)9-12-25(24)42-26(17)15-35(5)30(40)32-21-7-10-23(41-6)11-8-21/h7-13,17-18,26,37H,14-16H2,1-6H3,(H,32,40)(H2,31,33,39)/t17-,18-,26+/m0/s1. The molecule has 2 aromatic carbocycles. The van der Waals surface area contributed by atoms with Gasteiger partial charge >= 0.3 is 12.1 Å². The molecule has 3 aromatic rings. The van der Waals surface area contributed by atoms with E-state index in [0.717, 1.165) is 0 Å². The third-order valence-electron chi connectivity index (χ3n) is 7.34. The van der Waals surface area contributed by atoms with E-state index in [1.54, 1.807) is 76.2 Å². The maximum Gasteiger partial charge on any atom is 0.323 e. The Labute approximate surface area is 250 Å². The lowest BCUT2D eigenvalue weighted by molar-refractivity contribution is 0.0371. The highest BCUT2D eigenvalue weighted by atomic mass is 16.5. The Kier molecular flexibility index (Phi) is 9.76. The first-order valence-corrected chi connectivity index (χ1v) is 13.9. The SMILES string of the molecule is COc1ccc(NC(=O)N(C)C[C@H]2Oc3ccc(NC(=O)Nc4c(C)noc4C)cc3C(=O)N([C@@H](C)CO)C[C@@H]2C)cc1. The molecule has 4 N–H and O–H groups in total. The molecule has 4 rings (SSSR count). The predicted octanol–water partition coefficient (Wildman–Crippen LogP) is 4.33. The number of rotatable bonds is 8. The second-order valence-electron chi connectivity index (χ2n) is 10.7. The number of aliphatic hydroxyl groups excluding tert-OH is 1. The van der Waals surface area contributed by atoms with Crippen LogP contribution in [0.4, 0.5) is 26.7 Å². The molecule has 0 radical (unpaired) electrons. The van der Waals surface area contributed by atoms with Gasteiger partial charge in [0.25, 0.3) is 5.91 Å². The minimum absolute atomic E-state index is 0.194. The molecule has 0 fully saturated rings. The van der Waals surface area contributed by atoms with Crippen LogP contribution in [0, 0.1) is 19.8 Å². The number of fused-ring (bicyclic) bond motifs is 1. The summed E-state index contributed by atoms with van der Waals surface area (Å²) in [5.74, 6) is 0.906. The summed E-state index contributed by atoms with van der Waals surface area (Å²) in [6, 6.07) is 10.4. The summed E-state index contributed by atoms with van der Waals surface area (Å²) in [4.78, 5) is 42.5. The number of amides is 5. The molecular formula is C30H38N6O7. The molecule has 2 heterocycles. The lowest BCUT2D eigenvalue weighted by Crippen LogP contribution is -2.50. The molecule has 1 aliphatic rings. The van der Waals surface area contributed by atoms with Crippen molar-refractivity contribution in [3.05, 3.63) is 59.5 Å². The van der Waals surface area contributed by atoms with E-state index >= 15 is 0 Å². The number of aryl methyl sites for hydroxylation is 2. The number of aliphatic hydroxyl groups is 1. The Hall–Kier alpha value is -4.78. The number of hydrogen-bond donors (Lipinski definition) is 4. The van der Waals surface area contributed by atoms with Crippen LogP contribution in [-0.4, -0.2) is 84.0 Å². The van der Waals surface area contributed by atoms with Crippen LogP contribution in [0.25, 0.3) is 0 Å². The minimum atomic E-state index is -0.537. The topological polar surface area (TPSA) is 158 Å². The molecule has 0 spiro atoms. The van der Waals surface area contributed by atoms with Gasteiger partial charge in [-0.25, -0.2) is 9.59 Å². The normalized spacial score (nSPS) is 17.1. The molecule has 0 aliphatic carbocycles. The number of carbonyl (C=O) groups is 3. The highest BCUT2D eigenvalue weighted by Gasteiger charge is 2.34. The quantitative estimate of drug-likeness (QED) is 0.300. The summed E-state index contributed by atoms with van der Waals surface area (Å²) < 4.78 is 16.6. The van der Waals surface area contributed by atoms with Gasteiger partial charge in [-0.3, -0.25) is 4.79 Å². The van der Waals surface area contributed by atoms with Crippen molar-refractivity contribution < 1.29 is 33.5 Å². The largest absolute Gasteiger partial charge is 0.497 e. The third-order valence-corrected chi connectivity index (χ3v) is 7.34. The number of carbonyl (C=O) groups excluding carboxylic acids is 3. The molecule has 3 atom stereocenters. The number of urea groups is 2. The lowest BCUT2D eigenvalue weighted by atomic mass is 9.99. The first-order valence-electron chi connectivity index (χ1n) is 13.9. The van der Waals surface area contributed by atoms with Gasteiger partial charge in [0.15, 0.2) is 5.76 Å². The average molecular weight is 595 g/mol. The number of hydrogen-bond acceptors (Lipinski definition) is 8. The second kappa shape index (κ2) is 13.5. The molecule has 1 aromatic heterocycles. The maximum atomic E-state index is 13.7. The van der Waals surface area contributed by atoms with Crippen LogP contribution >= 0.6 is 0 Å². The molecule has 13 heteroatoms. The zero-order valence-electron chi connectivity index (χ0n) is 25.1. The highest BCUT2D eigenvalue weighted by molar-refractivity contribution is 6.03. The van der Waals surface area contributed by atoms with Crippen molar-refractivity contribution in [2.24, 2.45) is 5.92 Å². The number of aromatic nitrogens is 1. The summed E-state index contributed by atoms with van der Waals surface area (Å²) >= 11 is 0. The van der Waals surface area contributed by atoms with Crippen molar-refractivity contribution in [1.82, 2.24) is 15.0 Å². The van der Waals surface area contributed by atoms with E-state index in [2.05, 4.69) is 21.1 Å². The minimum Gasteiger partial charge on any atom is -0.497 e. The van der Waals surface area contributed by atoms with Crippen molar-refractivity contribution >= 4 is 35.0 Å². The van der Waals surface area contributed by atoms with Crippen LogP contribution in [0.1, 0.15) is 35.7 Å². The molecule has 0 saturated heterocycles. The first-order chi connectivity index (χ1) is 20.5. The number of nitrogens with one attached hydrogen (secondary N) is 3. The van der Waals surface area contributed by atoms with E-state index in [0.29, 0.717) is 40.0 Å². The molecular weight excluding hydrogens is 556 g/mol. The van der Waals surface area contributed by atoms with Gasteiger partial charge in [-0.05, 0) is 63.2 Å². The number of likely N-dealkylation sites (N-methyl/N-ethyl adjacent to an activating group) is 1. The van der Waals surface area contributed by atoms with E-state index < -0.39 is 18.2 Å². The van der Waals surface area contributed by atoms with E-state index in [4.69, 9.17) is 14.0 Å². The Morgan fingerprint density at radius 3 is 2.47 bits per heavy atom. The van der Waals surface area contributed by atoms with Gasteiger partial charge in [0.1, 0.15) is 29.0 Å². The summed E-state index contributed by atoms with van der Waals surface area (Å²) in [5, 5.41) is 22.1. The van der Waals surface area contributed by atoms with E-state index in [9.17, 15) is 19.5 Å². The van der Waals surface area contributed by atoms with Crippen LogP contribution in [0.15, 0.2) is 47.0 Å². The first kappa shape index (κ1) is 31.2. The van der Waals surface area contributed by atoms with Crippen molar-refractivity contribution in [3.63, 3.8) is 0 Å². The Morgan fingerprint density at radius 2 is 1.84 bits per heavy atom. The van der Waals surface area contributed by atoms with Crippen molar-refractivity contribution in [2.45, 2.75) is 39.8 Å². The monoisotopic (exact) mass is 594 g/mol. The predicted molar refractivity (Wildman–Crippen MR) is 161 cm³/mol. The zero-order valence-corrected chi connectivity index (χ0v) is 25.1. The zero-order chi connectivity index (χ0) is 31.3. The molecule has 0 bridgehead atoms. The fraction of sp³-hybridized carbons (Fsp3) is 0.400. The third kappa shape index (κ3) is 7.36. The Balaban J connectivity index is 1.54. The fourth-order valence-corrected chi connectivity index (χ4v) is 4.70. The lowest BCUT2D eigenvalue weighted by Gasteiger charge is -2.38. The second-order valence-corrected chi connectivity index (χ2v) is 10.7. The molecule has 13 nitrogen and oxygen atoms in total. The average Bonchev–Trinajstić information content (AvgIpc) is 3.31.